The number of allylic oxidation sites excluding steroid dienone is 1. The minimum Gasteiger partial charge on any atom is -0.469 e. The molecule has 0 amide bonds. The van der Waals surface area contributed by atoms with Crippen molar-refractivity contribution in [1.29, 1.82) is 0 Å². The Kier molecular flexibility index (Phi) is 3.67. The predicted octanol–water partition coefficient (Wildman–Crippen LogP) is 3.85. The van der Waals surface area contributed by atoms with Crippen LogP contribution in [0.3, 0.4) is 0 Å². The van der Waals surface area contributed by atoms with Crippen molar-refractivity contribution in [1.82, 2.24) is 0 Å². The van der Waals surface area contributed by atoms with Crippen molar-refractivity contribution in [2.75, 3.05) is 7.11 Å². The number of carbonyl (C=O) groups excluding carboxylic acids is 3. The third-order valence-electron chi connectivity index (χ3n) is 10.6. The first-order chi connectivity index (χ1) is 14.2. The van der Waals surface area contributed by atoms with Crippen molar-refractivity contribution in [2.45, 2.75) is 70.8 Å². The SMILES string of the molecule is COC(=O)[C@@H]1CC2=CC(=O)CC[C@]2(C)[C@H]2CC[C@@]3(C)[C@@H]([C@H]4C[C@H]4[C@]34CCC(=O)O4)[C@H]12. The van der Waals surface area contributed by atoms with E-state index in [2.05, 4.69) is 13.8 Å². The van der Waals surface area contributed by atoms with Crippen LogP contribution in [0.1, 0.15) is 65.2 Å². The molecule has 0 N–H and O–H groups in total. The van der Waals surface area contributed by atoms with Gasteiger partial charge in [0.25, 0.3) is 0 Å². The van der Waals surface area contributed by atoms with E-state index in [9.17, 15) is 14.4 Å². The summed E-state index contributed by atoms with van der Waals surface area (Å²) < 4.78 is 11.5. The molecule has 162 valence electrons. The maximum Gasteiger partial charge on any atom is 0.309 e. The minimum absolute atomic E-state index is 0.00305. The molecular weight excluding hydrogens is 380 g/mol. The largest absolute Gasteiger partial charge is 0.469 e. The topological polar surface area (TPSA) is 69.7 Å². The molecule has 30 heavy (non-hydrogen) atoms. The first-order valence-electron chi connectivity index (χ1n) is 11.8. The van der Waals surface area contributed by atoms with E-state index in [0.29, 0.717) is 42.9 Å². The van der Waals surface area contributed by atoms with Crippen LogP contribution in [0.25, 0.3) is 0 Å². The average molecular weight is 413 g/mol. The molecule has 5 aliphatic carbocycles. The maximum absolute atomic E-state index is 13.0. The number of ketones is 1. The monoisotopic (exact) mass is 412 g/mol. The van der Waals surface area contributed by atoms with Crippen LogP contribution in [0.2, 0.25) is 0 Å². The zero-order valence-electron chi connectivity index (χ0n) is 18.2. The molecule has 0 bridgehead atoms. The fraction of sp³-hybridized carbons (Fsp3) is 0.800. The smallest absolute Gasteiger partial charge is 0.309 e. The third kappa shape index (κ3) is 2.07. The highest BCUT2D eigenvalue weighted by Crippen LogP contribution is 2.79. The van der Waals surface area contributed by atoms with E-state index in [1.165, 1.54) is 12.7 Å². The van der Waals surface area contributed by atoms with E-state index in [1.54, 1.807) is 0 Å². The van der Waals surface area contributed by atoms with Crippen molar-refractivity contribution in [3.8, 4) is 0 Å². The normalized spacial score (nSPS) is 53.2. The highest BCUT2D eigenvalue weighted by molar-refractivity contribution is 5.92. The summed E-state index contributed by atoms with van der Waals surface area (Å²) in [6.45, 7) is 4.69. The molecule has 5 nitrogen and oxygen atoms in total. The van der Waals surface area contributed by atoms with Gasteiger partial charge >= 0.3 is 11.9 Å². The lowest BCUT2D eigenvalue weighted by Crippen LogP contribution is -2.59. The Morgan fingerprint density at radius 3 is 2.63 bits per heavy atom. The van der Waals surface area contributed by atoms with Crippen LogP contribution in [0.15, 0.2) is 11.6 Å². The summed E-state index contributed by atoms with van der Waals surface area (Å²) in [5, 5.41) is 0. The Morgan fingerprint density at radius 1 is 1.13 bits per heavy atom. The summed E-state index contributed by atoms with van der Waals surface area (Å²) in [4.78, 5) is 37.5. The Labute approximate surface area is 177 Å². The van der Waals surface area contributed by atoms with Crippen molar-refractivity contribution in [3.63, 3.8) is 0 Å². The van der Waals surface area contributed by atoms with Gasteiger partial charge < -0.3 is 9.47 Å². The number of carbonyl (C=O) groups is 3. The van der Waals surface area contributed by atoms with Crippen LogP contribution < -0.4 is 0 Å². The van der Waals surface area contributed by atoms with Gasteiger partial charge in [-0.2, -0.15) is 0 Å². The highest BCUT2D eigenvalue weighted by atomic mass is 16.6. The van der Waals surface area contributed by atoms with E-state index >= 15 is 0 Å². The molecule has 1 heterocycles. The second-order valence-electron chi connectivity index (χ2n) is 11.4. The molecule has 0 aromatic carbocycles. The lowest BCUT2D eigenvalue weighted by Gasteiger charge is -2.61. The van der Waals surface area contributed by atoms with Crippen LogP contribution in [-0.2, 0) is 23.9 Å². The summed E-state index contributed by atoms with van der Waals surface area (Å²) in [5.41, 5.74) is 0.801. The van der Waals surface area contributed by atoms with Gasteiger partial charge in [0.1, 0.15) is 5.60 Å². The van der Waals surface area contributed by atoms with Crippen LogP contribution in [0.4, 0.5) is 0 Å². The van der Waals surface area contributed by atoms with Gasteiger partial charge in [0, 0.05) is 24.2 Å². The van der Waals surface area contributed by atoms with E-state index in [1.807, 2.05) is 6.08 Å². The van der Waals surface area contributed by atoms with Crippen molar-refractivity contribution in [3.05, 3.63) is 11.6 Å². The minimum atomic E-state index is -0.315. The Hall–Kier alpha value is -1.65. The molecular formula is C25H32O5. The van der Waals surface area contributed by atoms with Crippen LogP contribution >= 0.6 is 0 Å². The second kappa shape index (κ2) is 5.77. The molecule has 5 heteroatoms. The summed E-state index contributed by atoms with van der Waals surface area (Å²) in [5.74, 6) is 1.90. The Bertz CT molecular complexity index is 890. The van der Waals surface area contributed by atoms with Crippen molar-refractivity contribution >= 4 is 17.7 Å². The molecule has 4 saturated carbocycles. The average Bonchev–Trinajstić information content (AvgIpc) is 3.36. The molecule has 6 aliphatic rings. The molecule has 6 rings (SSSR count). The lowest BCUT2D eigenvalue weighted by molar-refractivity contribution is -0.185. The van der Waals surface area contributed by atoms with Gasteiger partial charge in [-0.3, -0.25) is 14.4 Å². The van der Waals surface area contributed by atoms with E-state index in [4.69, 9.17) is 9.47 Å². The summed E-state index contributed by atoms with van der Waals surface area (Å²) >= 11 is 0. The number of esters is 2. The summed E-state index contributed by atoms with van der Waals surface area (Å²) in [7, 11) is 1.49. The summed E-state index contributed by atoms with van der Waals surface area (Å²) in [6, 6.07) is 0. The van der Waals surface area contributed by atoms with Gasteiger partial charge in [-0.25, -0.2) is 0 Å². The molecule has 9 atom stereocenters. The second-order valence-corrected chi connectivity index (χ2v) is 11.4. The van der Waals surface area contributed by atoms with Crippen molar-refractivity contribution in [2.24, 2.45) is 46.3 Å². The quantitative estimate of drug-likeness (QED) is 0.612. The van der Waals surface area contributed by atoms with E-state index in [-0.39, 0.29) is 46.0 Å². The zero-order chi connectivity index (χ0) is 21.1. The number of ether oxygens (including phenoxy) is 2. The van der Waals surface area contributed by atoms with E-state index in [0.717, 1.165) is 32.1 Å². The molecule has 0 aromatic heterocycles. The molecule has 0 unspecified atom stereocenters. The highest BCUT2D eigenvalue weighted by Gasteiger charge is 2.80. The standard InChI is InChI=1S/C25H32O5/c1-23-7-4-14(26)10-13(23)11-16(22(28)29-3)20-17(23)5-8-24(2)21(20)15-12-18(15)25(24)9-6-19(27)30-25/h10,15-18,20-21H,4-9,11-12H2,1-3H3/t15-,16+,17-,18+,20+,21-,23-,24-,25+/m0/s1. The number of hydrogen-bond donors (Lipinski definition) is 0. The third-order valence-corrected chi connectivity index (χ3v) is 10.6. The lowest BCUT2D eigenvalue weighted by atomic mass is 9.43. The van der Waals surface area contributed by atoms with Crippen LogP contribution in [-0.4, -0.2) is 30.4 Å². The molecule has 5 fully saturated rings. The van der Waals surface area contributed by atoms with Gasteiger partial charge in [0.2, 0.25) is 0 Å². The van der Waals surface area contributed by atoms with Gasteiger partial charge in [0.15, 0.2) is 5.78 Å². The van der Waals surface area contributed by atoms with Gasteiger partial charge in [-0.15, -0.1) is 0 Å². The van der Waals surface area contributed by atoms with E-state index < -0.39 is 0 Å². The summed E-state index contributed by atoms with van der Waals surface area (Å²) in [6.07, 6.45) is 8.58. The van der Waals surface area contributed by atoms with Gasteiger partial charge in [-0.1, -0.05) is 19.4 Å². The number of methoxy groups -OCH3 is 1. The van der Waals surface area contributed by atoms with Crippen LogP contribution in [0, 0.1) is 46.3 Å². The van der Waals surface area contributed by atoms with Crippen molar-refractivity contribution < 1.29 is 23.9 Å². The molecule has 1 saturated heterocycles. The Balaban J connectivity index is 1.46. The van der Waals surface area contributed by atoms with Gasteiger partial charge in [-0.05, 0) is 73.7 Å². The number of rotatable bonds is 1. The maximum atomic E-state index is 13.0. The molecule has 1 aliphatic heterocycles. The zero-order valence-corrected chi connectivity index (χ0v) is 18.2. The number of hydrogen-bond acceptors (Lipinski definition) is 5. The van der Waals surface area contributed by atoms with Crippen LogP contribution in [0.5, 0.6) is 0 Å². The van der Waals surface area contributed by atoms with Gasteiger partial charge in [0.05, 0.1) is 13.0 Å². The first kappa shape index (κ1) is 19.1. The predicted molar refractivity (Wildman–Crippen MR) is 108 cm³/mol. The fourth-order valence-corrected chi connectivity index (χ4v) is 9.30. The molecule has 0 radical (unpaired) electrons. The molecule has 1 spiro atoms. The molecule has 0 aromatic rings. The Morgan fingerprint density at radius 2 is 1.93 bits per heavy atom. The number of fused-ring (bicyclic) bond motifs is 9. The fourth-order valence-electron chi connectivity index (χ4n) is 9.30. The first-order valence-corrected chi connectivity index (χ1v) is 11.8.